The van der Waals surface area contributed by atoms with Crippen molar-refractivity contribution in [3.8, 4) is 5.75 Å². The number of allylic oxidation sites excluding steroid dienone is 1. The summed E-state index contributed by atoms with van der Waals surface area (Å²) in [4.78, 5) is 0. The Morgan fingerprint density at radius 2 is 1.96 bits per heavy atom. The van der Waals surface area contributed by atoms with Crippen LogP contribution in [0.25, 0.3) is 5.57 Å². The van der Waals surface area contributed by atoms with Gasteiger partial charge in [0.1, 0.15) is 5.75 Å². The molecule has 1 aromatic rings. The van der Waals surface area contributed by atoms with Gasteiger partial charge in [-0.25, -0.2) is 0 Å². The number of hydrogen-bond donors (Lipinski definition) is 2. The zero-order chi connectivity index (χ0) is 16.4. The first-order valence-electron chi connectivity index (χ1n) is 8.68. The van der Waals surface area contributed by atoms with Gasteiger partial charge in [0.05, 0.1) is 18.8 Å². The Kier molecular flexibility index (Phi) is 3.20. The maximum atomic E-state index is 11.3. The van der Waals surface area contributed by atoms with Crippen LogP contribution in [0.4, 0.5) is 0 Å². The topological polar surface area (TPSA) is 49.7 Å². The number of hydrogen-bond acceptors (Lipinski definition) is 3. The number of rotatable bonds is 1. The summed E-state index contributed by atoms with van der Waals surface area (Å²) in [5, 5.41) is 21.8. The van der Waals surface area contributed by atoms with E-state index in [1.165, 1.54) is 16.7 Å². The van der Waals surface area contributed by atoms with Crippen LogP contribution in [0.5, 0.6) is 5.75 Å². The first-order chi connectivity index (χ1) is 10.9. The standard InChI is InChI=1S/C20H26O3/c1-19-11-20(2,22)18-14-7-5-13(23-3)10-12(14)4-6-15(18)16(19)8-9-17(19)21/h5,7,10,16-17,21-22H,4,6,8-9,11H2,1-3H3/t16-,17-,19-,20?/m0/s1. The molecule has 0 aromatic heterocycles. The van der Waals surface area contributed by atoms with Crippen molar-refractivity contribution in [1.29, 1.82) is 0 Å². The van der Waals surface area contributed by atoms with Gasteiger partial charge in [-0.05, 0) is 73.8 Å². The van der Waals surface area contributed by atoms with E-state index in [0.29, 0.717) is 12.3 Å². The van der Waals surface area contributed by atoms with Crippen molar-refractivity contribution >= 4 is 5.57 Å². The van der Waals surface area contributed by atoms with Gasteiger partial charge in [0.25, 0.3) is 0 Å². The summed E-state index contributed by atoms with van der Waals surface area (Å²) in [6.07, 6.45) is 4.20. The van der Waals surface area contributed by atoms with Crippen LogP contribution in [0.3, 0.4) is 0 Å². The highest BCUT2D eigenvalue weighted by Crippen LogP contribution is 2.60. The summed E-state index contributed by atoms with van der Waals surface area (Å²) < 4.78 is 5.36. The van der Waals surface area contributed by atoms with E-state index in [9.17, 15) is 10.2 Å². The monoisotopic (exact) mass is 314 g/mol. The molecule has 0 aliphatic heterocycles. The van der Waals surface area contributed by atoms with Gasteiger partial charge in [-0.15, -0.1) is 0 Å². The second-order valence-corrected chi connectivity index (χ2v) is 8.03. The first kappa shape index (κ1) is 15.2. The fourth-order valence-electron chi connectivity index (χ4n) is 5.56. The molecular formula is C20H26O3. The van der Waals surface area contributed by atoms with Crippen molar-refractivity contribution in [2.45, 2.75) is 57.7 Å². The minimum atomic E-state index is -0.879. The highest BCUT2D eigenvalue weighted by molar-refractivity contribution is 5.80. The molecule has 23 heavy (non-hydrogen) atoms. The molecule has 124 valence electrons. The van der Waals surface area contributed by atoms with Crippen molar-refractivity contribution in [1.82, 2.24) is 0 Å². The predicted molar refractivity (Wildman–Crippen MR) is 90.3 cm³/mol. The van der Waals surface area contributed by atoms with Crippen LogP contribution in [0.15, 0.2) is 23.8 Å². The fraction of sp³-hybridized carbons (Fsp3) is 0.600. The molecule has 0 bridgehead atoms. The van der Waals surface area contributed by atoms with Crippen molar-refractivity contribution in [3.05, 3.63) is 34.9 Å². The van der Waals surface area contributed by atoms with Crippen molar-refractivity contribution in [2.75, 3.05) is 7.11 Å². The Hall–Kier alpha value is -1.32. The van der Waals surface area contributed by atoms with Crippen molar-refractivity contribution in [3.63, 3.8) is 0 Å². The van der Waals surface area contributed by atoms with Crippen molar-refractivity contribution < 1.29 is 14.9 Å². The van der Waals surface area contributed by atoms with E-state index in [1.54, 1.807) is 7.11 Å². The molecule has 1 saturated carbocycles. The fourth-order valence-corrected chi connectivity index (χ4v) is 5.56. The highest BCUT2D eigenvalue weighted by atomic mass is 16.5. The van der Waals surface area contributed by atoms with Gasteiger partial charge in [0, 0.05) is 5.41 Å². The Bertz CT molecular complexity index is 688. The van der Waals surface area contributed by atoms with Crippen molar-refractivity contribution in [2.24, 2.45) is 11.3 Å². The first-order valence-corrected chi connectivity index (χ1v) is 8.68. The number of ether oxygens (including phenoxy) is 1. The summed E-state index contributed by atoms with van der Waals surface area (Å²) in [6.45, 7) is 4.09. The van der Waals surface area contributed by atoms with Gasteiger partial charge < -0.3 is 14.9 Å². The van der Waals surface area contributed by atoms with E-state index in [1.807, 2.05) is 13.0 Å². The van der Waals surface area contributed by atoms with Gasteiger partial charge in [0.2, 0.25) is 0 Å². The molecule has 3 heteroatoms. The number of aliphatic hydroxyl groups excluding tert-OH is 1. The normalized spacial score (nSPS) is 38.8. The lowest BCUT2D eigenvalue weighted by molar-refractivity contribution is -0.0263. The second kappa shape index (κ2) is 4.84. The smallest absolute Gasteiger partial charge is 0.119 e. The Morgan fingerprint density at radius 3 is 2.70 bits per heavy atom. The van der Waals surface area contributed by atoms with Crippen LogP contribution in [-0.2, 0) is 6.42 Å². The lowest BCUT2D eigenvalue weighted by Crippen LogP contribution is -2.47. The number of methoxy groups -OCH3 is 1. The quantitative estimate of drug-likeness (QED) is 0.836. The number of aryl methyl sites for hydroxylation is 1. The predicted octanol–water partition coefficient (Wildman–Crippen LogP) is 3.33. The van der Waals surface area contributed by atoms with Crippen LogP contribution in [-0.4, -0.2) is 29.0 Å². The third-order valence-electron chi connectivity index (χ3n) is 6.54. The molecule has 4 rings (SSSR count). The van der Waals surface area contributed by atoms with Gasteiger partial charge in [-0.3, -0.25) is 0 Å². The minimum absolute atomic E-state index is 0.188. The third-order valence-corrected chi connectivity index (χ3v) is 6.54. The maximum absolute atomic E-state index is 11.3. The van der Waals surface area contributed by atoms with Crippen LogP contribution in [0.2, 0.25) is 0 Å². The van der Waals surface area contributed by atoms with E-state index in [4.69, 9.17) is 4.74 Å². The maximum Gasteiger partial charge on any atom is 0.119 e. The van der Waals surface area contributed by atoms with Gasteiger partial charge in [0.15, 0.2) is 0 Å². The zero-order valence-corrected chi connectivity index (χ0v) is 14.2. The molecule has 0 amide bonds. The SMILES string of the molecule is COc1ccc2c(c1)CCC1=C2C(C)(O)C[C@]2(C)[C@@H](O)CC[C@@H]12. The minimum Gasteiger partial charge on any atom is -0.497 e. The Morgan fingerprint density at radius 1 is 1.17 bits per heavy atom. The lowest BCUT2D eigenvalue weighted by Gasteiger charge is -2.50. The molecule has 2 N–H and O–H groups in total. The molecule has 3 aliphatic carbocycles. The zero-order valence-electron chi connectivity index (χ0n) is 14.2. The summed E-state index contributed by atoms with van der Waals surface area (Å²) in [6, 6.07) is 6.19. The largest absolute Gasteiger partial charge is 0.497 e. The van der Waals surface area contributed by atoms with E-state index in [2.05, 4.69) is 19.1 Å². The van der Waals surface area contributed by atoms with Gasteiger partial charge >= 0.3 is 0 Å². The van der Waals surface area contributed by atoms with Crippen LogP contribution >= 0.6 is 0 Å². The third kappa shape index (κ3) is 2.03. The molecule has 1 unspecified atom stereocenters. The molecule has 3 nitrogen and oxygen atoms in total. The number of aliphatic hydroxyl groups is 2. The Balaban J connectivity index is 1.90. The van der Waals surface area contributed by atoms with E-state index in [0.717, 1.165) is 37.0 Å². The molecule has 3 aliphatic rings. The molecule has 0 saturated heterocycles. The summed E-state index contributed by atoms with van der Waals surface area (Å²) in [5.74, 6) is 1.28. The van der Waals surface area contributed by atoms with E-state index >= 15 is 0 Å². The number of benzene rings is 1. The van der Waals surface area contributed by atoms with E-state index in [-0.39, 0.29) is 11.5 Å². The molecule has 0 spiro atoms. The average molecular weight is 314 g/mol. The summed E-state index contributed by atoms with van der Waals surface area (Å²) in [7, 11) is 1.69. The van der Waals surface area contributed by atoms with Gasteiger partial charge in [-0.2, -0.15) is 0 Å². The highest BCUT2D eigenvalue weighted by Gasteiger charge is 2.56. The molecule has 0 heterocycles. The second-order valence-electron chi connectivity index (χ2n) is 8.03. The summed E-state index contributed by atoms with van der Waals surface area (Å²) in [5.41, 5.74) is 3.89. The molecule has 1 fully saturated rings. The molecule has 1 aromatic carbocycles. The molecule has 0 radical (unpaired) electrons. The van der Waals surface area contributed by atoms with Crippen LogP contribution in [0, 0.1) is 11.3 Å². The van der Waals surface area contributed by atoms with Crippen LogP contribution in [0.1, 0.15) is 50.7 Å². The van der Waals surface area contributed by atoms with Crippen LogP contribution < -0.4 is 4.74 Å². The Labute approximate surface area is 138 Å². The number of fused-ring (bicyclic) bond motifs is 4. The lowest BCUT2D eigenvalue weighted by atomic mass is 9.57. The average Bonchev–Trinajstić information content (AvgIpc) is 2.80. The molecular weight excluding hydrogens is 288 g/mol. The van der Waals surface area contributed by atoms with E-state index < -0.39 is 5.60 Å². The molecule has 4 atom stereocenters. The van der Waals surface area contributed by atoms with Gasteiger partial charge in [-0.1, -0.05) is 18.6 Å². The summed E-state index contributed by atoms with van der Waals surface area (Å²) >= 11 is 0.